The van der Waals surface area contributed by atoms with Crippen LogP contribution in [-0.4, -0.2) is 76.5 Å². The van der Waals surface area contributed by atoms with Crippen molar-refractivity contribution in [2.24, 2.45) is 5.92 Å². The molecular formula is C25H34N4O4S. The third kappa shape index (κ3) is 5.54. The number of likely N-dealkylation sites (N-methyl/N-ethyl adjacent to an activating group) is 1. The highest BCUT2D eigenvalue weighted by molar-refractivity contribution is 7.89. The van der Waals surface area contributed by atoms with Gasteiger partial charge < -0.3 is 19.9 Å². The van der Waals surface area contributed by atoms with E-state index in [0.29, 0.717) is 25.1 Å². The maximum atomic E-state index is 13.1. The molecule has 2 aliphatic rings. The van der Waals surface area contributed by atoms with Gasteiger partial charge in [-0.25, -0.2) is 8.42 Å². The summed E-state index contributed by atoms with van der Waals surface area (Å²) < 4.78 is 32.7. The lowest BCUT2D eigenvalue weighted by Crippen LogP contribution is -2.46. The van der Waals surface area contributed by atoms with Crippen molar-refractivity contribution in [1.82, 2.24) is 9.21 Å². The van der Waals surface area contributed by atoms with E-state index in [2.05, 4.69) is 22.0 Å². The Morgan fingerprint density at radius 3 is 2.29 bits per heavy atom. The van der Waals surface area contributed by atoms with Gasteiger partial charge in [0, 0.05) is 50.6 Å². The van der Waals surface area contributed by atoms with Crippen LogP contribution in [0.15, 0.2) is 53.4 Å². The zero-order valence-corrected chi connectivity index (χ0v) is 20.8. The monoisotopic (exact) mass is 486 g/mol. The van der Waals surface area contributed by atoms with Gasteiger partial charge in [0.15, 0.2) is 0 Å². The van der Waals surface area contributed by atoms with Crippen LogP contribution < -0.4 is 15.0 Å². The Hall–Kier alpha value is -2.62. The second-order valence-electron chi connectivity index (χ2n) is 8.84. The molecule has 34 heavy (non-hydrogen) atoms. The molecule has 2 aromatic carbocycles. The Labute approximate surface area is 202 Å². The van der Waals surface area contributed by atoms with Crippen molar-refractivity contribution in [2.75, 3.05) is 63.1 Å². The molecule has 2 saturated heterocycles. The molecule has 0 aromatic heterocycles. The molecule has 0 aliphatic carbocycles. The van der Waals surface area contributed by atoms with E-state index in [-0.39, 0.29) is 23.3 Å². The number of benzene rings is 2. The minimum atomic E-state index is -3.66. The third-order valence-electron chi connectivity index (χ3n) is 6.77. The van der Waals surface area contributed by atoms with Crippen molar-refractivity contribution in [3.8, 4) is 5.75 Å². The van der Waals surface area contributed by atoms with Crippen LogP contribution in [-0.2, 0) is 14.8 Å². The molecule has 9 heteroatoms. The van der Waals surface area contributed by atoms with Crippen LogP contribution >= 0.6 is 0 Å². The fraction of sp³-hybridized carbons (Fsp3) is 0.480. The maximum absolute atomic E-state index is 13.1. The minimum absolute atomic E-state index is 0.140. The summed E-state index contributed by atoms with van der Waals surface area (Å²) in [6.07, 6.45) is 1.32. The lowest BCUT2D eigenvalue weighted by Gasteiger charge is -2.35. The highest BCUT2D eigenvalue weighted by atomic mass is 32.2. The number of carbonyl (C=O) groups is 1. The number of hydrogen-bond donors (Lipinski definition) is 1. The standard InChI is InChI=1S/C25H34N4O4S/c1-3-27-15-17-28(18-16-27)22-8-6-21(7-9-22)26-25(30)20-5-4-14-29(19-20)34(31,32)24-12-10-23(33-2)11-13-24/h6-13,20H,3-5,14-19H2,1-2H3,(H,26,30). The molecule has 0 spiro atoms. The van der Waals surface area contributed by atoms with E-state index < -0.39 is 10.0 Å². The minimum Gasteiger partial charge on any atom is -0.497 e. The van der Waals surface area contributed by atoms with Crippen LogP contribution in [0.3, 0.4) is 0 Å². The maximum Gasteiger partial charge on any atom is 0.243 e. The number of hydrogen-bond acceptors (Lipinski definition) is 6. The zero-order chi connectivity index (χ0) is 24.1. The number of methoxy groups -OCH3 is 1. The van der Waals surface area contributed by atoms with Gasteiger partial charge in [-0.15, -0.1) is 0 Å². The van der Waals surface area contributed by atoms with E-state index in [1.165, 1.54) is 4.31 Å². The summed E-state index contributed by atoms with van der Waals surface area (Å²) >= 11 is 0. The normalized spacial score (nSPS) is 20.2. The number of carbonyl (C=O) groups excluding carboxylic acids is 1. The van der Waals surface area contributed by atoms with Gasteiger partial charge in [-0.3, -0.25) is 4.79 Å². The van der Waals surface area contributed by atoms with Crippen molar-refractivity contribution in [1.29, 1.82) is 0 Å². The summed E-state index contributed by atoms with van der Waals surface area (Å²) in [4.78, 5) is 18.0. The van der Waals surface area contributed by atoms with Crippen LogP contribution in [0.5, 0.6) is 5.75 Å². The van der Waals surface area contributed by atoms with Gasteiger partial charge in [0.2, 0.25) is 15.9 Å². The van der Waals surface area contributed by atoms with Crippen molar-refractivity contribution < 1.29 is 17.9 Å². The number of nitrogens with zero attached hydrogens (tertiary/aromatic N) is 3. The van der Waals surface area contributed by atoms with E-state index in [1.54, 1.807) is 31.4 Å². The first kappa shape index (κ1) is 24.5. The van der Waals surface area contributed by atoms with E-state index in [0.717, 1.165) is 44.1 Å². The van der Waals surface area contributed by atoms with Crippen LogP contribution in [0.1, 0.15) is 19.8 Å². The highest BCUT2D eigenvalue weighted by Gasteiger charge is 2.33. The first-order valence-corrected chi connectivity index (χ1v) is 13.4. The van der Waals surface area contributed by atoms with E-state index in [1.807, 2.05) is 24.3 Å². The Kier molecular flexibility index (Phi) is 7.75. The Morgan fingerprint density at radius 2 is 1.68 bits per heavy atom. The zero-order valence-electron chi connectivity index (χ0n) is 19.9. The number of sulfonamides is 1. The molecular weight excluding hydrogens is 452 g/mol. The Bertz CT molecular complexity index is 1070. The summed E-state index contributed by atoms with van der Waals surface area (Å²) in [5.74, 6) is 0.0756. The smallest absolute Gasteiger partial charge is 0.243 e. The molecule has 184 valence electrons. The van der Waals surface area contributed by atoms with Crippen LogP contribution in [0.2, 0.25) is 0 Å². The van der Waals surface area contributed by atoms with Gasteiger partial charge in [-0.1, -0.05) is 6.92 Å². The SMILES string of the molecule is CCN1CCN(c2ccc(NC(=O)C3CCCN(S(=O)(=O)c4ccc(OC)cc4)C3)cc2)CC1. The molecule has 1 unspecified atom stereocenters. The second kappa shape index (κ2) is 10.8. The molecule has 0 saturated carbocycles. The van der Waals surface area contributed by atoms with Crippen LogP contribution in [0, 0.1) is 5.92 Å². The van der Waals surface area contributed by atoms with E-state index in [9.17, 15) is 13.2 Å². The molecule has 0 bridgehead atoms. The van der Waals surface area contributed by atoms with Crippen molar-refractivity contribution in [3.05, 3.63) is 48.5 Å². The van der Waals surface area contributed by atoms with E-state index in [4.69, 9.17) is 4.74 Å². The molecule has 2 fully saturated rings. The molecule has 4 rings (SSSR count). The van der Waals surface area contributed by atoms with Gasteiger partial charge in [0.1, 0.15) is 5.75 Å². The van der Waals surface area contributed by atoms with Gasteiger partial charge in [-0.05, 0) is 67.9 Å². The summed E-state index contributed by atoms with van der Waals surface area (Å²) in [6, 6.07) is 14.3. The fourth-order valence-corrected chi connectivity index (χ4v) is 6.12. The molecule has 1 atom stereocenters. The lowest BCUT2D eigenvalue weighted by molar-refractivity contribution is -0.120. The highest BCUT2D eigenvalue weighted by Crippen LogP contribution is 2.26. The van der Waals surface area contributed by atoms with Gasteiger partial charge in [0.25, 0.3) is 0 Å². The topological polar surface area (TPSA) is 82.2 Å². The average Bonchev–Trinajstić information content (AvgIpc) is 2.89. The van der Waals surface area contributed by atoms with Gasteiger partial charge in [0.05, 0.1) is 17.9 Å². The molecule has 2 aliphatic heterocycles. The molecule has 0 radical (unpaired) electrons. The third-order valence-corrected chi connectivity index (χ3v) is 8.65. The van der Waals surface area contributed by atoms with Gasteiger partial charge >= 0.3 is 0 Å². The summed E-state index contributed by atoms with van der Waals surface area (Å²) in [7, 11) is -2.12. The Balaban J connectivity index is 1.35. The number of piperazine rings is 1. The largest absolute Gasteiger partial charge is 0.497 e. The summed E-state index contributed by atoms with van der Waals surface area (Å²) in [5, 5.41) is 2.98. The second-order valence-corrected chi connectivity index (χ2v) is 10.8. The number of amides is 1. The average molecular weight is 487 g/mol. The number of rotatable bonds is 7. The van der Waals surface area contributed by atoms with Crippen molar-refractivity contribution in [3.63, 3.8) is 0 Å². The van der Waals surface area contributed by atoms with Crippen molar-refractivity contribution in [2.45, 2.75) is 24.7 Å². The predicted molar refractivity (Wildman–Crippen MR) is 134 cm³/mol. The number of piperidine rings is 1. The predicted octanol–water partition coefficient (Wildman–Crippen LogP) is 2.88. The quantitative estimate of drug-likeness (QED) is 0.648. The summed E-state index contributed by atoms with van der Waals surface area (Å²) in [5.41, 5.74) is 1.89. The summed E-state index contributed by atoms with van der Waals surface area (Å²) in [6.45, 7) is 7.99. The van der Waals surface area contributed by atoms with Crippen molar-refractivity contribution >= 4 is 27.3 Å². The lowest BCUT2D eigenvalue weighted by atomic mass is 9.98. The molecule has 2 heterocycles. The first-order chi connectivity index (χ1) is 16.4. The molecule has 1 amide bonds. The van der Waals surface area contributed by atoms with Crippen LogP contribution in [0.25, 0.3) is 0 Å². The van der Waals surface area contributed by atoms with Gasteiger partial charge in [-0.2, -0.15) is 4.31 Å². The van der Waals surface area contributed by atoms with E-state index >= 15 is 0 Å². The Morgan fingerprint density at radius 1 is 1.00 bits per heavy atom. The fourth-order valence-electron chi connectivity index (χ4n) is 4.59. The molecule has 2 aromatic rings. The molecule has 1 N–H and O–H groups in total. The molecule has 8 nitrogen and oxygen atoms in total. The number of ether oxygens (including phenoxy) is 1. The van der Waals surface area contributed by atoms with Crippen LogP contribution in [0.4, 0.5) is 11.4 Å². The number of anilines is 2. The first-order valence-electron chi connectivity index (χ1n) is 11.9. The number of nitrogens with one attached hydrogen (secondary N) is 1.